The monoisotopic (exact) mass is 326 g/mol. The number of nitrogens with one attached hydrogen (secondary N) is 2. The number of furan rings is 1. The number of anilines is 1. The zero-order valence-electron chi connectivity index (χ0n) is 13.3. The SMILES string of the molecule is C[C@H](NC(=O)c1ccco1)C(=O)Nc1ccc2c(c1)CCCC2=O. The van der Waals surface area contributed by atoms with Crippen molar-refractivity contribution < 1.29 is 18.8 Å². The summed E-state index contributed by atoms with van der Waals surface area (Å²) < 4.78 is 4.99. The molecule has 1 aliphatic rings. The molecule has 0 spiro atoms. The number of hydrogen-bond donors (Lipinski definition) is 2. The van der Waals surface area contributed by atoms with E-state index in [2.05, 4.69) is 10.6 Å². The topological polar surface area (TPSA) is 88.4 Å². The lowest BCUT2D eigenvalue weighted by Gasteiger charge is -2.17. The van der Waals surface area contributed by atoms with Crippen LogP contribution in [0.1, 0.15) is 46.2 Å². The van der Waals surface area contributed by atoms with Gasteiger partial charge < -0.3 is 15.1 Å². The maximum atomic E-state index is 12.2. The van der Waals surface area contributed by atoms with E-state index in [1.54, 1.807) is 25.1 Å². The Labute approximate surface area is 139 Å². The van der Waals surface area contributed by atoms with E-state index in [1.165, 1.54) is 12.3 Å². The molecule has 0 unspecified atom stereocenters. The van der Waals surface area contributed by atoms with Gasteiger partial charge in [-0.3, -0.25) is 14.4 Å². The van der Waals surface area contributed by atoms with Gasteiger partial charge in [-0.1, -0.05) is 0 Å². The van der Waals surface area contributed by atoms with Crippen LogP contribution in [0.3, 0.4) is 0 Å². The number of carbonyl (C=O) groups is 3. The van der Waals surface area contributed by atoms with Crippen LogP contribution in [-0.4, -0.2) is 23.6 Å². The summed E-state index contributed by atoms with van der Waals surface area (Å²) in [6.07, 6.45) is 3.64. The maximum Gasteiger partial charge on any atom is 0.287 e. The molecule has 6 nitrogen and oxygen atoms in total. The van der Waals surface area contributed by atoms with Crippen LogP contribution in [0.5, 0.6) is 0 Å². The molecule has 0 fully saturated rings. The Bertz CT molecular complexity index is 780. The van der Waals surface area contributed by atoms with Crippen LogP contribution in [0.25, 0.3) is 0 Å². The van der Waals surface area contributed by atoms with Gasteiger partial charge in [0.2, 0.25) is 5.91 Å². The predicted molar refractivity (Wildman–Crippen MR) is 88.0 cm³/mol. The summed E-state index contributed by atoms with van der Waals surface area (Å²) in [7, 11) is 0. The Morgan fingerprint density at radius 3 is 2.79 bits per heavy atom. The molecule has 0 radical (unpaired) electrons. The molecule has 0 aliphatic heterocycles. The molecule has 1 atom stereocenters. The second kappa shape index (κ2) is 6.70. The quantitative estimate of drug-likeness (QED) is 0.904. The Hall–Kier alpha value is -2.89. The minimum absolute atomic E-state index is 0.146. The number of ketones is 1. The van der Waals surface area contributed by atoms with Crippen LogP contribution in [0.2, 0.25) is 0 Å². The van der Waals surface area contributed by atoms with E-state index in [1.807, 2.05) is 6.07 Å². The minimum atomic E-state index is -0.722. The van der Waals surface area contributed by atoms with Gasteiger partial charge in [0.25, 0.3) is 5.91 Å². The number of benzene rings is 1. The molecular formula is C18H18N2O4. The average Bonchev–Trinajstić information content (AvgIpc) is 3.09. The predicted octanol–water partition coefficient (Wildman–Crippen LogP) is 2.56. The molecule has 2 aromatic rings. The lowest BCUT2D eigenvalue weighted by Crippen LogP contribution is -2.41. The number of amides is 2. The number of Topliss-reactive ketones (excluding diaryl/α,β-unsaturated/α-hetero) is 1. The second-order valence-corrected chi connectivity index (χ2v) is 5.81. The van der Waals surface area contributed by atoms with Crippen molar-refractivity contribution in [3.63, 3.8) is 0 Å². The first-order valence-electron chi connectivity index (χ1n) is 7.86. The normalized spacial score (nSPS) is 14.6. The first-order valence-corrected chi connectivity index (χ1v) is 7.86. The van der Waals surface area contributed by atoms with Gasteiger partial charge in [-0.15, -0.1) is 0 Å². The first-order chi connectivity index (χ1) is 11.5. The van der Waals surface area contributed by atoms with Crippen LogP contribution < -0.4 is 10.6 Å². The molecule has 0 bridgehead atoms. The Balaban J connectivity index is 1.64. The van der Waals surface area contributed by atoms with Gasteiger partial charge in [0, 0.05) is 17.7 Å². The van der Waals surface area contributed by atoms with E-state index < -0.39 is 11.9 Å². The average molecular weight is 326 g/mol. The summed E-state index contributed by atoms with van der Waals surface area (Å²) in [5.74, 6) is -0.481. The highest BCUT2D eigenvalue weighted by Crippen LogP contribution is 2.24. The van der Waals surface area contributed by atoms with Gasteiger partial charge in [-0.25, -0.2) is 0 Å². The Morgan fingerprint density at radius 1 is 1.21 bits per heavy atom. The molecule has 0 saturated carbocycles. The summed E-state index contributed by atoms with van der Waals surface area (Å²) in [4.78, 5) is 35.9. The number of hydrogen-bond acceptors (Lipinski definition) is 4. The lowest BCUT2D eigenvalue weighted by molar-refractivity contribution is -0.117. The third-order valence-corrected chi connectivity index (χ3v) is 4.01. The van der Waals surface area contributed by atoms with E-state index in [0.29, 0.717) is 12.1 Å². The summed E-state index contributed by atoms with van der Waals surface area (Å²) in [5.41, 5.74) is 2.31. The number of aryl methyl sites for hydroxylation is 1. The van der Waals surface area contributed by atoms with Gasteiger partial charge in [0.05, 0.1) is 6.26 Å². The Morgan fingerprint density at radius 2 is 2.04 bits per heavy atom. The third-order valence-electron chi connectivity index (χ3n) is 4.01. The first kappa shape index (κ1) is 16.0. The molecule has 24 heavy (non-hydrogen) atoms. The lowest BCUT2D eigenvalue weighted by atomic mass is 9.90. The van der Waals surface area contributed by atoms with E-state index in [9.17, 15) is 14.4 Å². The fourth-order valence-electron chi connectivity index (χ4n) is 2.72. The van der Waals surface area contributed by atoms with Crippen molar-refractivity contribution >= 4 is 23.3 Å². The van der Waals surface area contributed by atoms with Crippen LogP contribution in [0.4, 0.5) is 5.69 Å². The van der Waals surface area contributed by atoms with Crippen molar-refractivity contribution in [1.29, 1.82) is 0 Å². The molecule has 2 N–H and O–H groups in total. The number of carbonyl (C=O) groups excluding carboxylic acids is 3. The summed E-state index contributed by atoms with van der Waals surface area (Å²) >= 11 is 0. The van der Waals surface area contributed by atoms with E-state index in [0.717, 1.165) is 24.0 Å². The third kappa shape index (κ3) is 3.37. The molecule has 1 aromatic heterocycles. The summed E-state index contributed by atoms with van der Waals surface area (Å²) in [5, 5.41) is 5.33. The fourth-order valence-corrected chi connectivity index (χ4v) is 2.72. The molecule has 2 amide bonds. The molecule has 1 aromatic carbocycles. The van der Waals surface area contributed by atoms with Gasteiger partial charge in [-0.2, -0.15) is 0 Å². The standard InChI is InChI=1S/C18H18N2O4/c1-11(19-18(23)16-6-3-9-24-16)17(22)20-13-7-8-14-12(10-13)4-2-5-15(14)21/h3,6-11H,2,4-5H2,1H3,(H,19,23)(H,20,22)/t11-/m0/s1. The fraction of sp³-hybridized carbons (Fsp3) is 0.278. The second-order valence-electron chi connectivity index (χ2n) is 5.81. The molecule has 6 heteroatoms. The van der Waals surface area contributed by atoms with Crippen LogP contribution in [-0.2, 0) is 11.2 Å². The smallest absolute Gasteiger partial charge is 0.287 e. The van der Waals surface area contributed by atoms with Crippen LogP contribution in [0.15, 0.2) is 41.0 Å². The molecular weight excluding hydrogens is 308 g/mol. The molecule has 3 rings (SSSR count). The Kier molecular flexibility index (Phi) is 4.46. The zero-order valence-corrected chi connectivity index (χ0v) is 13.3. The molecule has 124 valence electrons. The number of fused-ring (bicyclic) bond motifs is 1. The molecule has 0 saturated heterocycles. The van der Waals surface area contributed by atoms with Gasteiger partial charge in [-0.05, 0) is 55.7 Å². The number of rotatable bonds is 4. The van der Waals surface area contributed by atoms with Crippen LogP contribution >= 0.6 is 0 Å². The van der Waals surface area contributed by atoms with E-state index in [4.69, 9.17) is 4.42 Å². The van der Waals surface area contributed by atoms with Gasteiger partial charge in [0.15, 0.2) is 11.5 Å². The van der Waals surface area contributed by atoms with E-state index in [-0.39, 0.29) is 17.5 Å². The van der Waals surface area contributed by atoms with E-state index >= 15 is 0 Å². The largest absolute Gasteiger partial charge is 0.459 e. The zero-order chi connectivity index (χ0) is 17.1. The van der Waals surface area contributed by atoms with Crippen molar-refractivity contribution in [2.24, 2.45) is 0 Å². The highest BCUT2D eigenvalue weighted by Gasteiger charge is 2.20. The van der Waals surface area contributed by atoms with Crippen molar-refractivity contribution in [2.75, 3.05) is 5.32 Å². The summed E-state index contributed by atoms with van der Waals surface area (Å²) in [6.45, 7) is 1.60. The van der Waals surface area contributed by atoms with Crippen molar-refractivity contribution in [3.8, 4) is 0 Å². The van der Waals surface area contributed by atoms with Crippen LogP contribution in [0, 0.1) is 0 Å². The maximum absolute atomic E-state index is 12.2. The van der Waals surface area contributed by atoms with Gasteiger partial charge >= 0.3 is 0 Å². The molecule has 1 aliphatic carbocycles. The molecule has 1 heterocycles. The minimum Gasteiger partial charge on any atom is -0.459 e. The summed E-state index contributed by atoms with van der Waals surface area (Å²) in [6, 6.07) is 7.69. The van der Waals surface area contributed by atoms with Crippen molar-refractivity contribution in [1.82, 2.24) is 5.32 Å². The van der Waals surface area contributed by atoms with Crippen molar-refractivity contribution in [3.05, 3.63) is 53.5 Å². The highest BCUT2D eigenvalue weighted by molar-refractivity contribution is 6.01. The van der Waals surface area contributed by atoms with Crippen molar-refractivity contribution in [2.45, 2.75) is 32.2 Å². The van der Waals surface area contributed by atoms with Gasteiger partial charge in [0.1, 0.15) is 6.04 Å². The highest BCUT2D eigenvalue weighted by atomic mass is 16.3.